The molecule has 1 rings (SSSR count). The van der Waals surface area contributed by atoms with Gasteiger partial charge in [-0.25, -0.2) is 0 Å². The first-order valence-corrected chi connectivity index (χ1v) is 5.31. The average molecular weight is 187 g/mol. The van der Waals surface area contributed by atoms with Crippen molar-refractivity contribution in [1.29, 1.82) is 0 Å². The average Bonchev–Trinajstić information content (AvgIpc) is 2.42. The van der Waals surface area contributed by atoms with Crippen LogP contribution in [0.1, 0.15) is 32.6 Å². The van der Waals surface area contributed by atoms with Crippen LogP contribution in [0, 0.1) is 0 Å². The highest BCUT2D eigenvalue weighted by Crippen LogP contribution is 2.09. The molecule has 0 aromatic carbocycles. The summed E-state index contributed by atoms with van der Waals surface area (Å²) in [6.07, 6.45) is 4.39. The number of hydrogen-bond donors (Lipinski definition) is 2. The zero-order chi connectivity index (χ0) is 9.52. The molecule has 78 valence electrons. The van der Waals surface area contributed by atoms with Gasteiger partial charge >= 0.3 is 0 Å². The number of aliphatic hydroxyl groups excluding tert-OH is 1. The molecule has 3 heteroatoms. The van der Waals surface area contributed by atoms with Gasteiger partial charge in [0.2, 0.25) is 0 Å². The Hall–Kier alpha value is -0.120. The number of aliphatic hydroxyl groups is 1. The topological polar surface area (TPSA) is 41.5 Å². The van der Waals surface area contributed by atoms with Gasteiger partial charge in [-0.2, -0.15) is 0 Å². The van der Waals surface area contributed by atoms with Gasteiger partial charge in [-0.05, 0) is 25.7 Å². The lowest BCUT2D eigenvalue weighted by Crippen LogP contribution is -2.40. The lowest BCUT2D eigenvalue weighted by molar-refractivity contribution is 0.141. The van der Waals surface area contributed by atoms with E-state index in [0.717, 1.165) is 32.5 Å². The predicted octanol–water partition coefficient (Wildman–Crippen LogP) is 0.916. The summed E-state index contributed by atoms with van der Waals surface area (Å²) < 4.78 is 5.37. The van der Waals surface area contributed by atoms with Gasteiger partial charge in [-0.15, -0.1) is 0 Å². The second-order valence-corrected chi connectivity index (χ2v) is 3.69. The largest absolute Gasteiger partial charge is 0.395 e. The molecule has 1 saturated heterocycles. The van der Waals surface area contributed by atoms with Crippen molar-refractivity contribution in [2.45, 2.75) is 44.7 Å². The summed E-state index contributed by atoms with van der Waals surface area (Å²) in [6.45, 7) is 4.10. The molecule has 2 unspecified atom stereocenters. The Labute approximate surface area is 80.5 Å². The molecular weight excluding hydrogens is 166 g/mol. The zero-order valence-electron chi connectivity index (χ0n) is 8.46. The maximum atomic E-state index is 9.03. The van der Waals surface area contributed by atoms with Crippen molar-refractivity contribution in [2.75, 3.05) is 19.8 Å². The maximum Gasteiger partial charge on any atom is 0.0584 e. The number of rotatable bonds is 4. The van der Waals surface area contributed by atoms with E-state index in [1.165, 1.54) is 6.42 Å². The molecule has 1 fully saturated rings. The van der Waals surface area contributed by atoms with Crippen molar-refractivity contribution in [2.24, 2.45) is 0 Å². The summed E-state index contributed by atoms with van der Waals surface area (Å²) in [5.74, 6) is 0. The van der Waals surface area contributed by atoms with Gasteiger partial charge in [0.15, 0.2) is 0 Å². The summed E-state index contributed by atoms with van der Waals surface area (Å²) in [5, 5.41) is 12.5. The van der Waals surface area contributed by atoms with Crippen LogP contribution in [0.25, 0.3) is 0 Å². The van der Waals surface area contributed by atoms with E-state index in [9.17, 15) is 0 Å². The molecule has 0 aromatic rings. The first-order valence-electron chi connectivity index (χ1n) is 5.31. The lowest BCUT2D eigenvalue weighted by Gasteiger charge is -2.21. The first kappa shape index (κ1) is 11.0. The Balaban J connectivity index is 2.24. The standard InChI is InChI=1S/C10H21NO2/c1-2-9(8-12)11-10-4-3-6-13-7-5-10/h9-12H,2-8H2,1H3. The Kier molecular flexibility index (Phi) is 5.35. The molecule has 1 aliphatic rings. The van der Waals surface area contributed by atoms with Crippen LogP contribution in [0.2, 0.25) is 0 Å². The maximum absolute atomic E-state index is 9.03. The molecule has 1 heterocycles. The summed E-state index contributed by atoms with van der Waals surface area (Å²) in [7, 11) is 0. The lowest BCUT2D eigenvalue weighted by atomic mass is 10.1. The van der Waals surface area contributed by atoms with Crippen molar-refractivity contribution < 1.29 is 9.84 Å². The van der Waals surface area contributed by atoms with E-state index in [4.69, 9.17) is 9.84 Å². The summed E-state index contributed by atoms with van der Waals surface area (Å²) in [6, 6.07) is 0.808. The summed E-state index contributed by atoms with van der Waals surface area (Å²) >= 11 is 0. The molecule has 0 radical (unpaired) electrons. The van der Waals surface area contributed by atoms with E-state index < -0.39 is 0 Å². The van der Waals surface area contributed by atoms with Crippen molar-refractivity contribution in [3.05, 3.63) is 0 Å². The quantitative estimate of drug-likeness (QED) is 0.687. The van der Waals surface area contributed by atoms with Crippen LogP contribution < -0.4 is 5.32 Å². The molecule has 0 saturated carbocycles. The monoisotopic (exact) mass is 187 g/mol. The van der Waals surface area contributed by atoms with Gasteiger partial charge in [0.05, 0.1) is 6.61 Å². The van der Waals surface area contributed by atoms with E-state index >= 15 is 0 Å². The molecule has 0 spiro atoms. The van der Waals surface area contributed by atoms with E-state index in [2.05, 4.69) is 12.2 Å². The summed E-state index contributed by atoms with van der Waals surface area (Å²) in [4.78, 5) is 0. The molecule has 0 aliphatic carbocycles. The third kappa shape index (κ3) is 4.07. The normalized spacial score (nSPS) is 26.8. The first-order chi connectivity index (χ1) is 6.36. The van der Waals surface area contributed by atoms with E-state index in [0.29, 0.717) is 6.04 Å². The van der Waals surface area contributed by atoms with Crippen LogP contribution in [-0.4, -0.2) is 37.0 Å². The Bertz CT molecular complexity index is 118. The molecule has 2 atom stereocenters. The Morgan fingerprint density at radius 1 is 1.46 bits per heavy atom. The zero-order valence-corrected chi connectivity index (χ0v) is 8.46. The second-order valence-electron chi connectivity index (χ2n) is 3.69. The van der Waals surface area contributed by atoms with Crippen LogP contribution in [0.4, 0.5) is 0 Å². The van der Waals surface area contributed by atoms with Gasteiger partial charge in [-0.1, -0.05) is 6.92 Å². The molecular formula is C10H21NO2. The smallest absolute Gasteiger partial charge is 0.0584 e. The van der Waals surface area contributed by atoms with Crippen molar-refractivity contribution in [1.82, 2.24) is 5.32 Å². The molecule has 13 heavy (non-hydrogen) atoms. The van der Waals surface area contributed by atoms with Gasteiger partial charge < -0.3 is 15.2 Å². The molecule has 0 aromatic heterocycles. The van der Waals surface area contributed by atoms with E-state index in [-0.39, 0.29) is 12.6 Å². The Morgan fingerprint density at radius 3 is 3.00 bits per heavy atom. The minimum Gasteiger partial charge on any atom is -0.395 e. The minimum atomic E-state index is 0.244. The third-order valence-electron chi connectivity index (χ3n) is 2.64. The molecule has 0 bridgehead atoms. The van der Waals surface area contributed by atoms with Crippen molar-refractivity contribution >= 4 is 0 Å². The van der Waals surface area contributed by atoms with Gasteiger partial charge in [0.25, 0.3) is 0 Å². The molecule has 3 nitrogen and oxygen atoms in total. The molecule has 2 N–H and O–H groups in total. The minimum absolute atomic E-state index is 0.244. The molecule has 0 amide bonds. The molecule has 1 aliphatic heterocycles. The number of nitrogens with one attached hydrogen (secondary N) is 1. The number of hydrogen-bond acceptors (Lipinski definition) is 3. The fourth-order valence-corrected chi connectivity index (χ4v) is 1.70. The van der Waals surface area contributed by atoms with E-state index in [1.807, 2.05) is 0 Å². The Morgan fingerprint density at radius 2 is 2.31 bits per heavy atom. The summed E-state index contributed by atoms with van der Waals surface area (Å²) in [5.41, 5.74) is 0. The second kappa shape index (κ2) is 6.35. The highest BCUT2D eigenvalue weighted by molar-refractivity contribution is 4.74. The highest BCUT2D eigenvalue weighted by Gasteiger charge is 2.15. The third-order valence-corrected chi connectivity index (χ3v) is 2.64. The van der Waals surface area contributed by atoms with Gasteiger partial charge in [0.1, 0.15) is 0 Å². The van der Waals surface area contributed by atoms with Crippen LogP contribution >= 0.6 is 0 Å². The van der Waals surface area contributed by atoms with Gasteiger partial charge in [-0.3, -0.25) is 0 Å². The van der Waals surface area contributed by atoms with Gasteiger partial charge in [0, 0.05) is 25.3 Å². The highest BCUT2D eigenvalue weighted by atomic mass is 16.5. The van der Waals surface area contributed by atoms with Crippen LogP contribution in [0.3, 0.4) is 0 Å². The predicted molar refractivity (Wildman–Crippen MR) is 52.8 cm³/mol. The van der Waals surface area contributed by atoms with E-state index in [1.54, 1.807) is 0 Å². The van der Waals surface area contributed by atoms with Crippen LogP contribution in [0.15, 0.2) is 0 Å². The SMILES string of the molecule is CCC(CO)NC1CCCOCC1. The number of ether oxygens (including phenoxy) is 1. The fraction of sp³-hybridized carbons (Fsp3) is 1.00. The van der Waals surface area contributed by atoms with Crippen LogP contribution in [0.5, 0.6) is 0 Å². The van der Waals surface area contributed by atoms with Crippen molar-refractivity contribution in [3.63, 3.8) is 0 Å². The van der Waals surface area contributed by atoms with Crippen LogP contribution in [-0.2, 0) is 4.74 Å². The fourth-order valence-electron chi connectivity index (χ4n) is 1.70. The van der Waals surface area contributed by atoms with Crippen molar-refractivity contribution in [3.8, 4) is 0 Å².